The van der Waals surface area contributed by atoms with E-state index in [9.17, 15) is 4.79 Å². The van der Waals surface area contributed by atoms with Gasteiger partial charge in [-0.1, -0.05) is 46.7 Å². The maximum absolute atomic E-state index is 12.2. The standard InChI is InChI=1S/C22H24Cl2N8OS/c1-31-4-6-32(7-5-31)22-29-18(24)17(34-22)21-28-16-15(12(23)9-26-20(16)30-21)27-14-11-3-2-10(8-11)13(14)19(25)33/h2-3,9-11,13-14H,4-8H2,1H3,(H2,25,33)(H2,26,27,28,30)/t10-,11-,13+,14-/m1/s1. The predicted molar refractivity (Wildman–Crippen MR) is 136 cm³/mol. The Kier molecular flexibility index (Phi) is 5.44. The lowest BCUT2D eigenvalue weighted by Gasteiger charge is -2.31. The Hall–Kier alpha value is -2.40. The molecule has 3 aromatic rings. The van der Waals surface area contributed by atoms with Gasteiger partial charge in [0.15, 0.2) is 21.8 Å². The second-order valence-electron chi connectivity index (χ2n) is 9.22. The number of imidazole rings is 1. The number of primary amides is 1. The summed E-state index contributed by atoms with van der Waals surface area (Å²) in [6.07, 6.45) is 6.74. The number of fused-ring (bicyclic) bond motifs is 3. The summed E-state index contributed by atoms with van der Waals surface area (Å²) in [5.41, 5.74) is 7.60. The third-order valence-corrected chi connectivity index (χ3v) is 8.93. The number of H-pyrrole nitrogens is 1. The van der Waals surface area contributed by atoms with Crippen LogP contribution in [-0.2, 0) is 4.79 Å². The first-order chi connectivity index (χ1) is 16.4. The average Bonchev–Trinajstić information content (AvgIpc) is 3.58. The Labute approximate surface area is 210 Å². The maximum Gasteiger partial charge on any atom is 0.223 e. The van der Waals surface area contributed by atoms with Crippen LogP contribution in [0, 0.1) is 17.8 Å². The molecule has 2 fully saturated rings. The summed E-state index contributed by atoms with van der Waals surface area (Å²) in [6, 6.07) is -0.127. The molecule has 0 unspecified atom stereocenters. The van der Waals surface area contributed by atoms with Crippen molar-refractivity contribution >= 4 is 62.4 Å². The first-order valence-electron chi connectivity index (χ1n) is 11.3. The number of aromatic amines is 1. The molecule has 3 aliphatic rings. The number of anilines is 2. The van der Waals surface area contributed by atoms with Crippen molar-refractivity contribution in [3.63, 3.8) is 0 Å². The van der Waals surface area contributed by atoms with E-state index in [0.717, 1.165) is 42.6 Å². The Balaban J connectivity index is 1.34. The maximum atomic E-state index is 12.2. The summed E-state index contributed by atoms with van der Waals surface area (Å²) in [6.45, 7) is 3.78. The van der Waals surface area contributed by atoms with Crippen LogP contribution >= 0.6 is 34.5 Å². The molecule has 4 heterocycles. The quantitative estimate of drug-likeness (QED) is 0.444. The molecular formula is C22H24Cl2N8OS. The normalized spacial score (nSPS) is 26.6. The molecule has 4 atom stereocenters. The van der Waals surface area contributed by atoms with Crippen LogP contribution < -0.4 is 16.0 Å². The smallest absolute Gasteiger partial charge is 0.223 e. The van der Waals surface area contributed by atoms with Crippen LogP contribution in [-0.4, -0.2) is 70.0 Å². The number of allylic oxidation sites excluding steroid dienone is 1. The van der Waals surface area contributed by atoms with E-state index in [1.54, 1.807) is 6.20 Å². The molecular weight excluding hydrogens is 495 g/mol. The monoisotopic (exact) mass is 518 g/mol. The van der Waals surface area contributed by atoms with Crippen molar-refractivity contribution in [2.24, 2.45) is 23.5 Å². The number of carbonyl (C=O) groups excluding carboxylic acids is 1. The molecule has 0 aromatic carbocycles. The fraction of sp³-hybridized carbons (Fsp3) is 0.455. The van der Waals surface area contributed by atoms with E-state index < -0.39 is 0 Å². The number of nitrogens with zero attached hydrogens (tertiary/aromatic N) is 5. The Morgan fingerprint density at radius 1 is 1.21 bits per heavy atom. The number of nitrogens with one attached hydrogen (secondary N) is 2. The summed E-state index contributed by atoms with van der Waals surface area (Å²) >= 11 is 14.6. The van der Waals surface area contributed by atoms with E-state index in [0.29, 0.717) is 32.9 Å². The molecule has 6 rings (SSSR count). The third kappa shape index (κ3) is 3.64. The third-order valence-electron chi connectivity index (χ3n) is 7.14. The molecule has 34 heavy (non-hydrogen) atoms. The molecule has 9 nitrogen and oxygen atoms in total. The lowest BCUT2D eigenvalue weighted by atomic mass is 9.88. The van der Waals surface area contributed by atoms with Crippen molar-refractivity contribution in [1.29, 1.82) is 0 Å². The molecule has 1 aliphatic heterocycles. The number of piperazine rings is 1. The van der Waals surface area contributed by atoms with Gasteiger partial charge in [-0.2, -0.15) is 0 Å². The molecule has 178 valence electrons. The lowest BCUT2D eigenvalue weighted by Crippen LogP contribution is -2.44. The van der Waals surface area contributed by atoms with Crippen LogP contribution in [0.2, 0.25) is 10.2 Å². The van der Waals surface area contributed by atoms with Crippen molar-refractivity contribution in [1.82, 2.24) is 24.8 Å². The van der Waals surface area contributed by atoms with Gasteiger partial charge in [-0.3, -0.25) is 4.79 Å². The highest BCUT2D eigenvalue weighted by Gasteiger charge is 2.47. The van der Waals surface area contributed by atoms with Crippen LogP contribution in [0.5, 0.6) is 0 Å². The van der Waals surface area contributed by atoms with Gasteiger partial charge in [0.25, 0.3) is 0 Å². The minimum Gasteiger partial charge on any atom is -0.378 e. The van der Waals surface area contributed by atoms with Crippen molar-refractivity contribution in [2.75, 3.05) is 43.4 Å². The summed E-state index contributed by atoms with van der Waals surface area (Å²) < 4.78 is 0. The SMILES string of the molecule is CN1CCN(c2nc(Cl)c(-c3nc4ncc(Cl)c(N[C@H]5[C@@H](C(N)=O)[C@@H]6C=C[C@@H]5C6)c4[nH]3)s2)CC1. The average molecular weight is 519 g/mol. The van der Waals surface area contributed by atoms with Crippen LogP contribution in [0.3, 0.4) is 0 Å². The number of carbonyl (C=O) groups is 1. The summed E-state index contributed by atoms with van der Waals surface area (Å²) in [7, 11) is 2.12. The minimum atomic E-state index is -0.297. The number of nitrogens with two attached hydrogens (primary N) is 1. The highest BCUT2D eigenvalue weighted by molar-refractivity contribution is 7.19. The number of hydrogen-bond donors (Lipinski definition) is 3. The molecule has 4 N–H and O–H groups in total. The second kappa shape index (κ2) is 8.37. The number of amides is 1. The number of likely N-dealkylation sites (N-methyl/N-ethyl adjacent to an activating group) is 1. The topological polar surface area (TPSA) is 116 Å². The van der Waals surface area contributed by atoms with Crippen LogP contribution in [0.25, 0.3) is 21.9 Å². The predicted octanol–water partition coefficient (Wildman–Crippen LogP) is 3.23. The molecule has 0 radical (unpaired) electrons. The molecule has 3 aromatic heterocycles. The first kappa shape index (κ1) is 22.1. The van der Waals surface area contributed by atoms with E-state index >= 15 is 0 Å². The molecule has 1 saturated carbocycles. The van der Waals surface area contributed by atoms with Gasteiger partial charge in [0, 0.05) is 32.2 Å². The number of rotatable bonds is 5. The molecule has 12 heteroatoms. The van der Waals surface area contributed by atoms with Gasteiger partial charge in [-0.05, 0) is 25.3 Å². The van der Waals surface area contributed by atoms with Crippen LogP contribution in [0.4, 0.5) is 10.8 Å². The van der Waals surface area contributed by atoms with E-state index in [-0.39, 0.29) is 29.7 Å². The number of thiazole rings is 1. The molecule has 2 bridgehead atoms. The van der Waals surface area contributed by atoms with E-state index in [4.69, 9.17) is 28.9 Å². The fourth-order valence-corrected chi connectivity index (χ4v) is 6.81. The van der Waals surface area contributed by atoms with E-state index in [2.05, 4.69) is 54.3 Å². The first-order valence-corrected chi connectivity index (χ1v) is 12.8. The zero-order valence-electron chi connectivity index (χ0n) is 18.5. The van der Waals surface area contributed by atoms with Gasteiger partial charge < -0.3 is 25.8 Å². The zero-order chi connectivity index (χ0) is 23.6. The van der Waals surface area contributed by atoms with Gasteiger partial charge in [0.2, 0.25) is 5.91 Å². The highest BCUT2D eigenvalue weighted by atomic mass is 35.5. The Bertz CT molecular complexity index is 1300. The van der Waals surface area contributed by atoms with Crippen LogP contribution in [0.15, 0.2) is 18.3 Å². The van der Waals surface area contributed by atoms with E-state index in [1.165, 1.54) is 11.3 Å². The molecule has 2 aliphatic carbocycles. The summed E-state index contributed by atoms with van der Waals surface area (Å²) in [5.74, 6) is 0.409. The van der Waals surface area contributed by atoms with Crippen molar-refractivity contribution in [3.8, 4) is 10.7 Å². The van der Waals surface area contributed by atoms with Gasteiger partial charge in [0.05, 0.1) is 22.8 Å². The number of pyridine rings is 1. The Morgan fingerprint density at radius 2 is 1.97 bits per heavy atom. The molecule has 1 saturated heterocycles. The number of hydrogen-bond acceptors (Lipinski definition) is 8. The molecule has 0 spiro atoms. The van der Waals surface area contributed by atoms with Gasteiger partial charge in [-0.15, -0.1) is 0 Å². The highest BCUT2D eigenvalue weighted by Crippen LogP contribution is 2.46. The lowest BCUT2D eigenvalue weighted by molar-refractivity contribution is -0.122. The Morgan fingerprint density at radius 3 is 2.74 bits per heavy atom. The number of halogens is 2. The summed E-state index contributed by atoms with van der Waals surface area (Å²) in [5, 5.41) is 5.25. The summed E-state index contributed by atoms with van der Waals surface area (Å²) in [4.78, 5) is 34.5. The van der Waals surface area contributed by atoms with Crippen molar-refractivity contribution in [2.45, 2.75) is 12.5 Å². The van der Waals surface area contributed by atoms with Crippen molar-refractivity contribution in [3.05, 3.63) is 28.5 Å². The second-order valence-corrected chi connectivity index (χ2v) is 11.0. The largest absolute Gasteiger partial charge is 0.378 e. The zero-order valence-corrected chi connectivity index (χ0v) is 20.8. The van der Waals surface area contributed by atoms with Gasteiger partial charge in [0.1, 0.15) is 10.4 Å². The van der Waals surface area contributed by atoms with Crippen molar-refractivity contribution < 1.29 is 4.79 Å². The number of aromatic nitrogens is 4. The van der Waals surface area contributed by atoms with Gasteiger partial charge in [-0.25, -0.2) is 15.0 Å². The van der Waals surface area contributed by atoms with E-state index in [1.807, 2.05) is 0 Å². The minimum absolute atomic E-state index is 0.127. The van der Waals surface area contributed by atoms with Gasteiger partial charge >= 0.3 is 0 Å². The van der Waals surface area contributed by atoms with Crippen LogP contribution in [0.1, 0.15) is 6.42 Å². The fourth-order valence-electron chi connectivity index (χ4n) is 5.33. The molecule has 1 amide bonds.